The van der Waals surface area contributed by atoms with Gasteiger partial charge in [-0.05, 0) is 17.5 Å². The summed E-state index contributed by atoms with van der Waals surface area (Å²) in [6.07, 6.45) is 1.31. The number of anilines is 1. The van der Waals surface area contributed by atoms with E-state index in [-0.39, 0.29) is 17.2 Å². The van der Waals surface area contributed by atoms with Gasteiger partial charge in [-0.15, -0.1) is 0 Å². The zero-order valence-corrected chi connectivity index (χ0v) is 9.73. The quantitative estimate of drug-likeness (QED) is 0.778. The first-order valence-corrected chi connectivity index (χ1v) is 5.18. The third-order valence-corrected chi connectivity index (χ3v) is 2.28. The van der Waals surface area contributed by atoms with Crippen LogP contribution in [0.1, 0.15) is 25.3 Å². The number of nitriles is 2. The molecule has 17 heavy (non-hydrogen) atoms. The Labute approximate surface area is 100 Å². The summed E-state index contributed by atoms with van der Waals surface area (Å²) in [5.74, 6) is 0.447. The van der Waals surface area contributed by atoms with Crippen molar-refractivity contribution in [3.63, 3.8) is 0 Å². The van der Waals surface area contributed by atoms with E-state index in [1.54, 1.807) is 24.3 Å². The fourth-order valence-electron chi connectivity index (χ4n) is 1.37. The van der Waals surface area contributed by atoms with Crippen molar-refractivity contribution in [2.75, 3.05) is 5.32 Å². The lowest BCUT2D eigenvalue weighted by atomic mass is 10.0. The van der Waals surface area contributed by atoms with Crippen LogP contribution in [0.5, 0.6) is 5.75 Å². The maximum Gasteiger partial charge on any atom is 0.145 e. The van der Waals surface area contributed by atoms with Crippen LogP contribution in [-0.2, 0) is 0 Å². The molecule has 0 aromatic heterocycles. The molecule has 0 bridgehead atoms. The molecule has 0 aliphatic carbocycles. The molecule has 1 aromatic rings. The minimum Gasteiger partial charge on any atom is -0.508 e. The maximum absolute atomic E-state index is 9.75. The second-order valence-corrected chi connectivity index (χ2v) is 3.85. The summed E-state index contributed by atoms with van der Waals surface area (Å²) in [6.45, 7) is 3.98. The molecule has 0 atom stereocenters. The predicted octanol–water partition coefficient (Wildman–Crippen LogP) is 2.86. The Morgan fingerprint density at radius 2 is 2.00 bits per heavy atom. The smallest absolute Gasteiger partial charge is 0.145 e. The van der Waals surface area contributed by atoms with Gasteiger partial charge >= 0.3 is 0 Å². The minimum atomic E-state index is -0.0163. The first-order chi connectivity index (χ1) is 8.08. The van der Waals surface area contributed by atoms with Gasteiger partial charge in [-0.1, -0.05) is 19.9 Å². The van der Waals surface area contributed by atoms with E-state index in [0.29, 0.717) is 5.69 Å². The second-order valence-electron chi connectivity index (χ2n) is 3.85. The molecule has 4 nitrogen and oxygen atoms in total. The third kappa shape index (κ3) is 3.25. The van der Waals surface area contributed by atoms with Crippen LogP contribution in [0.15, 0.2) is 30.0 Å². The van der Waals surface area contributed by atoms with E-state index in [4.69, 9.17) is 10.5 Å². The van der Waals surface area contributed by atoms with Crippen LogP contribution in [0.25, 0.3) is 0 Å². The highest BCUT2D eigenvalue weighted by Crippen LogP contribution is 2.28. The summed E-state index contributed by atoms with van der Waals surface area (Å²) in [5, 5.41) is 29.6. The molecular formula is C13H13N3O. The summed E-state index contributed by atoms with van der Waals surface area (Å²) in [7, 11) is 0. The van der Waals surface area contributed by atoms with Gasteiger partial charge in [-0.3, -0.25) is 0 Å². The van der Waals surface area contributed by atoms with Gasteiger partial charge in [0.1, 0.15) is 23.5 Å². The first kappa shape index (κ1) is 12.6. The molecule has 0 aliphatic heterocycles. The number of rotatable bonds is 3. The van der Waals surface area contributed by atoms with Crippen LogP contribution in [0.2, 0.25) is 0 Å². The fraction of sp³-hybridized carbons (Fsp3) is 0.231. The number of aromatic hydroxyl groups is 1. The molecule has 0 unspecified atom stereocenters. The van der Waals surface area contributed by atoms with Gasteiger partial charge in [0.05, 0.1) is 0 Å². The van der Waals surface area contributed by atoms with Gasteiger partial charge in [-0.25, -0.2) is 0 Å². The van der Waals surface area contributed by atoms with E-state index >= 15 is 0 Å². The zero-order valence-electron chi connectivity index (χ0n) is 9.73. The Kier molecular flexibility index (Phi) is 4.14. The van der Waals surface area contributed by atoms with Gasteiger partial charge in [0.25, 0.3) is 0 Å². The first-order valence-electron chi connectivity index (χ1n) is 5.18. The summed E-state index contributed by atoms with van der Waals surface area (Å²) in [5.41, 5.74) is 1.48. The van der Waals surface area contributed by atoms with E-state index < -0.39 is 0 Å². The summed E-state index contributed by atoms with van der Waals surface area (Å²) in [6, 6.07) is 8.65. The number of nitrogens with one attached hydrogen (secondary N) is 1. The van der Waals surface area contributed by atoms with Crippen molar-refractivity contribution in [1.29, 1.82) is 10.5 Å². The predicted molar refractivity (Wildman–Crippen MR) is 65.1 cm³/mol. The molecule has 0 amide bonds. The molecule has 86 valence electrons. The van der Waals surface area contributed by atoms with Crippen LogP contribution in [0.3, 0.4) is 0 Å². The SMILES string of the molecule is CC(C)c1ccc(NC=C(C#N)C#N)cc1O. The molecule has 0 saturated heterocycles. The molecule has 0 radical (unpaired) electrons. The molecule has 0 fully saturated rings. The number of nitrogens with zero attached hydrogens (tertiary/aromatic N) is 2. The summed E-state index contributed by atoms with van der Waals surface area (Å²) < 4.78 is 0. The number of hydrogen-bond donors (Lipinski definition) is 2. The van der Waals surface area contributed by atoms with Gasteiger partial charge in [0.15, 0.2) is 0 Å². The van der Waals surface area contributed by atoms with Gasteiger partial charge in [0.2, 0.25) is 0 Å². The molecule has 0 heterocycles. The molecule has 1 rings (SSSR count). The Balaban J connectivity index is 2.90. The highest BCUT2D eigenvalue weighted by molar-refractivity contribution is 5.55. The van der Waals surface area contributed by atoms with E-state index in [0.717, 1.165) is 5.56 Å². The number of phenols is 1. The van der Waals surface area contributed by atoms with Crippen molar-refractivity contribution in [2.45, 2.75) is 19.8 Å². The molecular weight excluding hydrogens is 214 g/mol. The van der Waals surface area contributed by atoms with E-state index in [1.165, 1.54) is 6.20 Å². The highest BCUT2D eigenvalue weighted by atomic mass is 16.3. The molecule has 4 heteroatoms. The lowest BCUT2D eigenvalue weighted by molar-refractivity contribution is 0.465. The minimum absolute atomic E-state index is 0.0163. The van der Waals surface area contributed by atoms with Crippen LogP contribution >= 0.6 is 0 Å². The van der Waals surface area contributed by atoms with Crippen molar-refractivity contribution in [2.24, 2.45) is 0 Å². The van der Waals surface area contributed by atoms with Crippen molar-refractivity contribution < 1.29 is 5.11 Å². The van der Waals surface area contributed by atoms with Crippen molar-refractivity contribution in [1.82, 2.24) is 0 Å². The largest absolute Gasteiger partial charge is 0.508 e. The van der Waals surface area contributed by atoms with Gasteiger partial charge in [-0.2, -0.15) is 10.5 Å². The molecule has 2 N–H and O–H groups in total. The molecule has 1 aromatic carbocycles. The number of hydrogen-bond acceptors (Lipinski definition) is 4. The highest BCUT2D eigenvalue weighted by Gasteiger charge is 2.05. The van der Waals surface area contributed by atoms with Crippen molar-refractivity contribution >= 4 is 5.69 Å². The lowest BCUT2D eigenvalue weighted by Gasteiger charge is -2.09. The monoisotopic (exact) mass is 227 g/mol. The van der Waals surface area contributed by atoms with Crippen LogP contribution < -0.4 is 5.32 Å². The van der Waals surface area contributed by atoms with Gasteiger partial charge in [0, 0.05) is 18.0 Å². The normalized spacial score (nSPS) is 9.24. The standard InChI is InChI=1S/C13H13N3O/c1-9(2)12-4-3-11(5-13(12)17)16-8-10(6-14)7-15/h3-5,8-9,16-17H,1-2H3. The van der Waals surface area contributed by atoms with Crippen LogP contribution in [-0.4, -0.2) is 5.11 Å². The number of phenolic OH excluding ortho intramolecular Hbond substituents is 1. The lowest BCUT2D eigenvalue weighted by Crippen LogP contribution is -1.92. The van der Waals surface area contributed by atoms with Crippen molar-refractivity contribution in [3.05, 3.63) is 35.5 Å². The van der Waals surface area contributed by atoms with Gasteiger partial charge < -0.3 is 10.4 Å². The Hall–Kier alpha value is -2.46. The van der Waals surface area contributed by atoms with Crippen LogP contribution in [0.4, 0.5) is 5.69 Å². The maximum atomic E-state index is 9.75. The Bertz CT molecular complexity index is 502. The molecule has 0 spiro atoms. The Morgan fingerprint density at radius 1 is 1.35 bits per heavy atom. The average Bonchev–Trinajstić information content (AvgIpc) is 2.30. The number of allylic oxidation sites excluding steroid dienone is 1. The number of benzene rings is 1. The van der Waals surface area contributed by atoms with E-state index in [9.17, 15) is 5.11 Å². The van der Waals surface area contributed by atoms with Crippen molar-refractivity contribution in [3.8, 4) is 17.9 Å². The van der Waals surface area contributed by atoms with E-state index in [2.05, 4.69) is 5.32 Å². The zero-order chi connectivity index (χ0) is 12.8. The fourth-order valence-corrected chi connectivity index (χ4v) is 1.37. The summed E-state index contributed by atoms with van der Waals surface area (Å²) >= 11 is 0. The summed E-state index contributed by atoms with van der Waals surface area (Å²) in [4.78, 5) is 0. The third-order valence-electron chi connectivity index (χ3n) is 2.28. The average molecular weight is 227 g/mol. The molecule has 0 saturated carbocycles. The second kappa shape index (κ2) is 5.58. The molecule has 0 aliphatic rings. The topological polar surface area (TPSA) is 79.8 Å². The van der Waals surface area contributed by atoms with E-state index in [1.807, 2.05) is 19.9 Å². The Morgan fingerprint density at radius 3 is 2.47 bits per heavy atom. The van der Waals surface area contributed by atoms with Crippen LogP contribution in [0, 0.1) is 22.7 Å².